The summed E-state index contributed by atoms with van der Waals surface area (Å²) in [6.45, 7) is 11.1. The van der Waals surface area contributed by atoms with Gasteiger partial charge in [0.05, 0.1) is 13.2 Å². The first-order chi connectivity index (χ1) is 11.3. The second kappa shape index (κ2) is 12.4. The van der Waals surface area contributed by atoms with E-state index in [0.717, 1.165) is 64.9 Å². The van der Waals surface area contributed by atoms with Crippen LogP contribution in [0.4, 0.5) is 0 Å². The van der Waals surface area contributed by atoms with E-state index in [0.29, 0.717) is 18.1 Å². The molecule has 1 aliphatic heterocycles. The zero-order valence-corrected chi connectivity index (χ0v) is 16.9. The van der Waals surface area contributed by atoms with Crippen molar-refractivity contribution in [3.8, 4) is 0 Å². The first-order valence-corrected chi connectivity index (χ1v) is 8.39. The smallest absolute Gasteiger partial charge is 0.228 e. The van der Waals surface area contributed by atoms with Crippen molar-refractivity contribution in [3.05, 3.63) is 11.7 Å². The number of guanidine groups is 1. The Morgan fingerprint density at radius 3 is 2.75 bits per heavy atom. The molecule has 0 radical (unpaired) electrons. The summed E-state index contributed by atoms with van der Waals surface area (Å²) in [5.41, 5.74) is 0. The molecule has 0 spiro atoms. The number of rotatable bonds is 8. The highest BCUT2D eigenvalue weighted by atomic mass is 127. The van der Waals surface area contributed by atoms with Crippen LogP contribution >= 0.6 is 24.0 Å². The Bertz CT molecular complexity index is 476. The highest BCUT2D eigenvalue weighted by molar-refractivity contribution is 14.0. The summed E-state index contributed by atoms with van der Waals surface area (Å²) >= 11 is 0. The van der Waals surface area contributed by atoms with Crippen LogP contribution in [0.25, 0.3) is 0 Å². The lowest BCUT2D eigenvalue weighted by Crippen LogP contribution is -2.39. The van der Waals surface area contributed by atoms with E-state index in [1.165, 1.54) is 0 Å². The molecule has 1 saturated heterocycles. The Labute approximate surface area is 160 Å². The van der Waals surface area contributed by atoms with E-state index in [-0.39, 0.29) is 24.0 Å². The van der Waals surface area contributed by atoms with Crippen molar-refractivity contribution >= 4 is 29.9 Å². The number of morpholine rings is 1. The fraction of sp³-hybridized carbons (Fsp3) is 0.800. The fourth-order valence-electron chi connectivity index (χ4n) is 2.38. The van der Waals surface area contributed by atoms with Gasteiger partial charge in [0.2, 0.25) is 5.89 Å². The molecule has 24 heavy (non-hydrogen) atoms. The van der Waals surface area contributed by atoms with Crippen LogP contribution in [0.2, 0.25) is 0 Å². The molecule has 0 atom stereocenters. The van der Waals surface area contributed by atoms with Crippen molar-refractivity contribution in [1.29, 1.82) is 0 Å². The van der Waals surface area contributed by atoms with Crippen LogP contribution in [-0.4, -0.2) is 73.5 Å². The van der Waals surface area contributed by atoms with E-state index in [1.54, 1.807) is 0 Å². The minimum atomic E-state index is 0. The first-order valence-electron chi connectivity index (χ1n) is 8.39. The van der Waals surface area contributed by atoms with E-state index < -0.39 is 0 Å². The molecular weight excluding hydrogens is 423 g/mol. The lowest BCUT2D eigenvalue weighted by Gasteiger charge is -2.26. The van der Waals surface area contributed by atoms with Crippen molar-refractivity contribution in [2.45, 2.75) is 26.7 Å². The lowest BCUT2D eigenvalue weighted by atomic mass is 10.3. The van der Waals surface area contributed by atoms with E-state index >= 15 is 0 Å². The summed E-state index contributed by atoms with van der Waals surface area (Å²) in [5, 5.41) is 10.3. The van der Waals surface area contributed by atoms with Gasteiger partial charge < -0.3 is 19.9 Å². The molecule has 8 nitrogen and oxygen atoms in total. The maximum atomic E-state index is 5.35. The zero-order chi connectivity index (χ0) is 16.3. The van der Waals surface area contributed by atoms with Crippen LogP contribution in [0.5, 0.6) is 0 Å². The number of aliphatic imine (C=N–C) groups is 1. The molecular formula is C15H29IN6O2. The van der Waals surface area contributed by atoms with Gasteiger partial charge in [-0.15, -0.1) is 24.0 Å². The topological polar surface area (TPSA) is 87.8 Å². The van der Waals surface area contributed by atoms with Crippen LogP contribution < -0.4 is 10.6 Å². The maximum absolute atomic E-state index is 5.35. The minimum Gasteiger partial charge on any atom is -0.379 e. The standard InChI is InChI=1S/C15H28N6O2.HI/c1-3-16-15(18-7-5-14-19-13(2)20-23-14)17-6-4-8-21-9-11-22-12-10-21;/h3-12H2,1-2H3,(H2,16,17,18);1H. The number of aryl methyl sites for hydroxylation is 1. The average molecular weight is 452 g/mol. The zero-order valence-electron chi connectivity index (χ0n) is 14.6. The van der Waals surface area contributed by atoms with E-state index in [2.05, 4.69) is 37.6 Å². The third kappa shape index (κ3) is 8.25. The van der Waals surface area contributed by atoms with Crippen molar-refractivity contribution in [2.75, 3.05) is 52.5 Å². The second-order valence-electron chi connectivity index (χ2n) is 5.48. The normalized spacial score (nSPS) is 15.8. The summed E-state index contributed by atoms with van der Waals surface area (Å²) < 4.78 is 10.4. The summed E-state index contributed by atoms with van der Waals surface area (Å²) in [4.78, 5) is 11.2. The van der Waals surface area contributed by atoms with Gasteiger partial charge in [0, 0.05) is 45.7 Å². The number of hydrogen-bond acceptors (Lipinski definition) is 6. The van der Waals surface area contributed by atoms with Gasteiger partial charge in [0.15, 0.2) is 11.8 Å². The molecule has 0 bridgehead atoms. The molecule has 0 amide bonds. The second-order valence-corrected chi connectivity index (χ2v) is 5.48. The van der Waals surface area contributed by atoms with E-state index in [9.17, 15) is 0 Å². The molecule has 138 valence electrons. The van der Waals surface area contributed by atoms with Crippen LogP contribution in [-0.2, 0) is 11.2 Å². The molecule has 0 unspecified atom stereocenters. The molecule has 1 fully saturated rings. The lowest BCUT2D eigenvalue weighted by molar-refractivity contribution is 0.0377. The molecule has 2 heterocycles. The van der Waals surface area contributed by atoms with Gasteiger partial charge in [-0.3, -0.25) is 9.89 Å². The van der Waals surface area contributed by atoms with Gasteiger partial charge in [-0.1, -0.05) is 5.16 Å². The highest BCUT2D eigenvalue weighted by Gasteiger charge is 2.09. The third-order valence-electron chi connectivity index (χ3n) is 3.55. The Morgan fingerprint density at radius 2 is 2.08 bits per heavy atom. The highest BCUT2D eigenvalue weighted by Crippen LogP contribution is 1.98. The Hall–Kier alpha value is -0.940. The molecule has 1 aromatic heterocycles. The van der Waals surface area contributed by atoms with E-state index in [4.69, 9.17) is 9.26 Å². The Balaban J connectivity index is 0.00000288. The first kappa shape index (κ1) is 21.1. The molecule has 0 aliphatic carbocycles. The predicted molar refractivity (Wildman–Crippen MR) is 104 cm³/mol. The fourth-order valence-corrected chi connectivity index (χ4v) is 2.38. The average Bonchev–Trinajstić information content (AvgIpc) is 2.98. The van der Waals surface area contributed by atoms with Gasteiger partial charge in [-0.05, 0) is 20.3 Å². The number of ether oxygens (including phenoxy) is 1. The Morgan fingerprint density at radius 1 is 1.29 bits per heavy atom. The largest absolute Gasteiger partial charge is 0.379 e. The summed E-state index contributed by atoms with van der Waals surface area (Å²) in [5.74, 6) is 2.16. The molecule has 0 saturated carbocycles. The molecule has 9 heteroatoms. The monoisotopic (exact) mass is 452 g/mol. The molecule has 1 aliphatic rings. The SMILES string of the molecule is CCNC(=NCCCN1CCOCC1)NCCc1nc(C)no1.I. The van der Waals surface area contributed by atoms with Gasteiger partial charge in [-0.2, -0.15) is 4.98 Å². The Kier molecular flexibility index (Phi) is 10.9. The summed E-state index contributed by atoms with van der Waals surface area (Å²) in [7, 11) is 0. The molecule has 2 rings (SSSR count). The molecule has 0 aromatic carbocycles. The van der Waals surface area contributed by atoms with Crippen LogP contribution in [0, 0.1) is 6.92 Å². The van der Waals surface area contributed by atoms with Crippen molar-refractivity contribution in [3.63, 3.8) is 0 Å². The van der Waals surface area contributed by atoms with Gasteiger partial charge >= 0.3 is 0 Å². The summed E-state index contributed by atoms with van der Waals surface area (Å²) in [6, 6.07) is 0. The van der Waals surface area contributed by atoms with Crippen LogP contribution in [0.1, 0.15) is 25.1 Å². The number of nitrogens with one attached hydrogen (secondary N) is 2. The third-order valence-corrected chi connectivity index (χ3v) is 3.55. The van der Waals surface area contributed by atoms with Gasteiger partial charge in [0.25, 0.3) is 0 Å². The van der Waals surface area contributed by atoms with Gasteiger partial charge in [0.1, 0.15) is 0 Å². The van der Waals surface area contributed by atoms with Crippen molar-refractivity contribution in [2.24, 2.45) is 4.99 Å². The quantitative estimate of drug-likeness (QED) is 0.261. The van der Waals surface area contributed by atoms with Crippen molar-refractivity contribution in [1.82, 2.24) is 25.7 Å². The molecule has 2 N–H and O–H groups in total. The molecule has 1 aromatic rings. The van der Waals surface area contributed by atoms with Crippen LogP contribution in [0.3, 0.4) is 0 Å². The number of nitrogens with zero attached hydrogens (tertiary/aromatic N) is 4. The van der Waals surface area contributed by atoms with Crippen molar-refractivity contribution < 1.29 is 9.26 Å². The van der Waals surface area contributed by atoms with E-state index in [1.807, 2.05) is 6.92 Å². The number of hydrogen-bond donors (Lipinski definition) is 2. The van der Waals surface area contributed by atoms with Gasteiger partial charge in [-0.25, -0.2) is 0 Å². The number of halogens is 1. The van der Waals surface area contributed by atoms with Crippen LogP contribution in [0.15, 0.2) is 9.52 Å². The number of aromatic nitrogens is 2. The minimum absolute atomic E-state index is 0. The summed E-state index contributed by atoms with van der Waals surface area (Å²) in [6.07, 6.45) is 1.75. The maximum Gasteiger partial charge on any atom is 0.228 e. The predicted octanol–water partition coefficient (Wildman–Crippen LogP) is 0.816.